The van der Waals surface area contributed by atoms with Gasteiger partial charge in [-0.15, -0.1) is 0 Å². The first-order valence-electron chi connectivity index (χ1n) is 25.6. The molecule has 73 heavy (non-hydrogen) atoms. The fraction of sp³-hybridized carbons (Fsp3) is 0.261. The number of fused-ring (bicyclic) bond motifs is 10. The molecule has 3 atom stereocenters. The molecule has 4 heterocycles. The summed E-state index contributed by atoms with van der Waals surface area (Å²) in [7, 11) is 0. The van der Waals surface area contributed by atoms with Crippen molar-refractivity contribution >= 4 is 71.1 Å². The Morgan fingerprint density at radius 3 is 1.44 bits per heavy atom. The molecule has 374 valence electrons. The number of para-hydroxylation sites is 5. The molecule has 13 rings (SSSR count). The third-order valence-corrected chi connectivity index (χ3v) is 14.9. The van der Waals surface area contributed by atoms with Crippen LogP contribution in [0.4, 0.5) is 0 Å². The van der Waals surface area contributed by atoms with Gasteiger partial charge in [-0.2, -0.15) is 0 Å². The number of hydrogen-bond acceptors (Lipinski definition) is 1. The van der Waals surface area contributed by atoms with Crippen LogP contribution in [0.3, 0.4) is 0 Å². The SMILES string of the molecule is C.C.C.C=C1C(c2cccc(-n3c4ccccc4c4ccccc43)c2)=NC(C)C(C)CCC1(C)n1c2ccccc2c2ccc3c4ccccc4n(-c4ccccc4)c3c21.CC.CC1CC1.Cc1ccccc1. The van der Waals surface area contributed by atoms with Crippen molar-refractivity contribution in [3.05, 3.63) is 217 Å². The van der Waals surface area contributed by atoms with Crippen LogP contribution in [-0.4, -0.2) is 25.5 Å². The Kier molecular flexibility index (Phi) is 16.5. The molecule has 3 aromatic heterocycles. The Balaban J connectivity index is 0.000000431. The summed E-state index contributed by atoms with van der Waals surface area (Å²) in [6, 6.07) is 70.2. The molecule has 3 unspecified atom stereocenters. The van der Waals surface area contributed by atoms with Gasteiger partial charge in [-0.3, -0.25) is 4.99 Å². The number of benzene rings is 8. The highest BCUT2D eigenvalue weighted by Gasteiger charge is 2.39. The fourth-order valence-corrected chi connectivity index (χ4v) is 10.6. The van der Waals surface area contributed by atoms with Crippen LogP contribution in [0.25, 0.3) is 76.8 Å². The molecule has 1 aliphatic carbocycles. The van der Waals surface area contributed by atoms with Gasteiger partial charge in [0.1, 0.15) is 0 Å². The summed E-state index contributed by atoms with van der Waals surface area (Å²) in [6.45, 7) is 20.5. The molecule has 0 amide bonds. The number of allylic oxidation sites excluding steroid dienone is 1. The molecular formula is C69H78N4. The molecule has 0 saturated heterocycles. The molecular weight excluding hydrogens is 885 g/mol. The quantitative estimate of drug-likeness (QED) is 0.168. The first-order chi connectivity index (χ1) is 34.2. The van der Waals surface area contributed by atoms with Crippen LogP contribution < -0.4 is 0 Å². The Morgan fingerprint density at radius 2 is 0.918 bits per heavy atom. The minimum absolute atomic E-state index is 0. The zero-order chi connectivity index (χ0) is 48.5. The molecule has 8 aromatic carbocycles. The number of rotatable bonds is 4. The van der Waals surface area contributed by atoms with Crippen LogP contribution in [0.15, 0.2) is 211 Å². The van der Waals surface area contributed by atoms with E-state index < -0.39 is 5.54 Å². The molecule has 1 fully saturated rings. The van der Waals surface area contributed by atoms with Gasteiger partial charge in [-0.1, -0.05) is 221 Å². The second kappa shape index (κ2) is 22.6. The number of aromatic nitrogens is 3. The van der Waals surface area contributed by atoms with Gasteiger partial charge in [0.25, 0.3) is 0 Å². The Hall–Kier alpha value is -7.43. The average Bonchev–Trinajstić information content (AvgIpc) is 3.86. The second-order valence-electron chi connectivity index (χ2n) is 19.6. The first-order valence-corrected chi connectivity index (χ1v) is 25.6. The van der Waals surface area contributed by atoms with Crippen molar-refractivity contribution in [3.8, 4) is 11.4 Å². The highest BCUT2D eigenvalue weighted by molar-refractivity contribution is 6.24. The largest absolute Gasteiger partial charge is 0.329 e. The minimum atomic E-state index is -0.510. The zero-order valence-electron chi connectivity index (χ0n) is 42.0. The van der Waals surface area contributed by atoms with Crippen molar-refractivity contribution in [2.24, 2.45) is 16.8 Å². The first kappa shape index (κ1) is 53.4. The highest BCUT2D eigenvalue weighted by atomic mass is 15.1. The van der Waals surface area contributed by atoms with E-state index in [4.69, 9.17) is 11.6 Å². The van der Waals surface area contributed by atoms with E-state index in [9.17, 15) is 0 Å². The minimum Gasteiger partial charge on any atom is -0.329 e. The highest BCUT2D eigenvalue weighted by Crippen LogP contribution is 2.47. The third-order valence-electron chi connectivity index (χ3n) is 14.9. The average molecular weight is 963 g/mol. The van der Waals surface area contributed by atoms with Gasteiger partial charge in [-0.05, 0) is 99.6 Å². The number of aliphatic imine (C=N–C) groups is 1. The summed E-state index contributed by atoms with van der Waals surface area (Å²) in [4.78, 5) is 5.63. The molecule has 1 saturated carbocycles. The monoisotopic (exact) mass is 963 g/mol. The van der Waals surface area contributed by atoms with Crippen molar-refractivity contribution < 1.29 is 0 Å². The van der Waals surface area contributed by atoms with Gasteiger partial charge in [0, 0.05) is 54.8 Å². The molecule has 0 N–H and O–H groups in total. The lowest BCUT2D eigenvalue weighted by molar-refractivity contribution is 0.318. The smallest absolute Gasteiger partial charge is 0.0785 e. The maximum atomic E-state index is 5.63. The van der Waals surface area contributed by atoms with Crippen LogP contribution >= 0.6 is 0 Å². The number of aryl methyl sites for hydroxylation is 1. The van der Waals surface area contributed by atoms with E-state index in [0.29, 0.717) is 5.92 Å². The Labute approximate surface area is 436 Å². The summed E-state index contributed by atoms with van der Waals surface area (Å²) >= 11 is 0. The molecule has 0 radical (unpaired) electrons. The maximum absolute atomic E-state index is 5.63. The van der Waals surface area contributed by atoms with Crippen molar-refractivity contribution in [1.82, 2.24) is 13.7 Å². The van der Waals surface area contributed by atoms with Crippen LogP contribution in [0.1, 0.15) is 101 Å². The lowest BCUT2D eigenvalue weighted by atomic mass is 9.78. The summed E-state index contributed by atoms with van der Waals surface area (Å²) in [5, 5.41) is 7.52. The number of hydrogen-bond donors (Lipinski definition) is 0. The Morgan fingerprint density at radius 1 is 0.479 bits per heavy atom. The molecule has 1 aliphatic heterocycles. The van der Waals surface area contributed by atoms with E-state index >= 15 is 0 Å². The number of nitrogens with zero attached hydrogens (tertiary/aromatic N) is 4. The van der Waals surface area contributed by atoms with Gasteiger partial charge < -0.3 is 13.7 Å². The van der Waals surface area contributed by atoms with E-state index in [1.807, 2.05) is 32.0 Å². The zero-order valence-corrected chi connectivity index (χ0v) is 42.0. The van der Waals surface area contributed by atoms with Crippen molar-refractivity contribution in [3.63, 3.8) is 0 Å². The second-order valence-corrected chi connectivity index (χ2v) is 19.6. The van der Waals surface area contributed by atoms with Gasteiger partial charge in [-0.25, -0.2) is 0 Å². The van der Waals surface area contributed by atoms with E-state index in [-0.39, 0.29) is 28.3 Å². The summed E-state index contributed by atoms with van der Waals surface area (Å²) in [5.41, 5.74) is 13.5. The normalized spacial score (nSPS) is 17.4. The lowest BCUT2D eigenvalue weighted by Gasteiger charge is -2.39. The molecule has 4 nitrogen and oxygen atoms in total. The van der Waals surface area contributed by atoms with E-state index in [1.54, 1.807) is 0 Å². The van der Waals surface area contributed by atoms with Gasteiger partial charge >= 0.3 is 0 Å². The van der Waals surface area contributed by atoms with Crippen LogP contribution in [0, 0.1) is 18.8 Å². The molecule has 11 aromatic rings. The van der Waals surface area contributed by atoms with Crippen LogP contribution in [0.5, 0.6) is 0 Å². The summed E-state index contributed by atoms with van der Waals surface area (Å²) < 4.78 is 7.53. The van der Waals surface area contributed by atoms with Crippen molar-refractivity contribution in [1.29, 1.82) is 0 Å². The van der Waals surface area contributed by atoms with Crippen LogP contribution in [-0.2, 0) is 5.54 Å². The lowest BCUT2D eigenvalue weighted by Crippen LogP contribution is -2.38. The Bertz CT molecular complexity index is 3620. The fourth-order valence-electron chi connectivity index (χ4n) is 10.6. The van der Waals surface area contributed by atoms with Gasteiger partial charge in [0.2, 0.25) is 0 Å². The predicted molar refractivity (Wildman–Crippen MR) is 323 cm³/mol. The van der Waals surface area contributed by atoms with Crippen molar-refractivity contribution in [2.75, 3.05) is 0 Å². The van der Waals surface area contributed by atoms with Crippen LogP contribution in [0.2, 0.25) is 0 Å². The molecule has 4 heteroatoms. The standard InChI is InChI=1S/C53H44N4.C7H8.C4H8.C2H6.3CH4/c1-34-31-32-53(4,35(2)50(54-36(34)3)37-17-16-20-39(33-37)55-46-25-12-8-21-40(46)41-22-9-13-26-47(41)55)57-49-28-15-11-24-43(49)45-30-29-44-42-23-10-14-27-48(42)56(51(44)52(45)57)38-18-6-5-7-19-38;1-7-5-3-2-4-6-7;1-4-2-3-4;1-2;;;/h5-30,33-34,36H,2,31-32H2,1,3-4H3;2-6H,1H3;4H,2-3H2,1H3;1-2H3;3*1H4. The molecule has 0 spiro atoms. The van der Waals surface area contributed by atoms with Crippen molar-refractivity contribution in [2.45, 2.75) is 108 Å². The van der Waals surface area contributed by atoms with E-state index in [1.165, 1.54) is 83.8 Å². The summed E-state index contributed by atoms with van der Waals surface area (Å²) in [6.07, 6.45) is 4.93. The van der Waals surface area contributed by atoms with Gasteiger partial charge in [0.15, 0.2) is 0 Å². The topological polar surface area (TPSA) is 27.1 Å². The van der Waals surface area contributed by atoms with E-state index in [0.717, 1.165) is 47.0 Å². The predicted octanol–water partition coefficient (Wildman–Crippen LogP) is 19.9. The summed E-state index contributed by atoms with van der Waals surface area (Å²) in [5.74, 6) is 1.47. The molecule has 2 aliphatic rings. The van der Waals surface area contributed by atoms with E-state index in [2.05, 4.69) is 224 Å². The van der Waals surface area contributed by atoms with Gasteiger partial charge in [0.05, 0.1) is 44.9 Å². The molecule has 0 bridgehead atoms. The maximum Gasteiger partial charge on any atom is 0.0785 e. The third kappa shape index (κ3) is 9.80.